The van der Waals surface area contributed by atoms with Gasteiger partial charge in [0, 0.05) is 0 Å². The van der Waals surface area contributed by atoms with E-state index >= 15 is 0 Å². The summed E-state index contributed by atoms with van der Waals surface area (Å²) in [6, 6.07) is 6.16. The Hall–Kier alpha value is -3.64. The molecule has 0 saturated carbocycles. The fraction of sp³-hybridized carbons (Fsp3) is 0.700. The molecule has 0 atom stereocenters. The molecule has 548 valence electrons. The monoisotopic (exact) mass is 1420 g/mol. The minimum Gasteiger partial charge on any atom is -0.744 e. The Morgan fingerprint density at radius 3 is 0.649 bits per heavy atom. The third-order valence-corrected chi connectivity index (χ3v) is 18.7. The Balaban J connectivity index is 0.00000188. The average molecular weight is 1420 g/mol. The molecule has 17 heteroatoms. The number of carbonyl (C=O) groups is 4. The van der Waals surface area contributed by atoms with Crippen molar-refractivity contribution < 1.29 is 64.1 Å². The first kappa shape index (κ1) is 93.4. The van der Waals surface area contributed by atoms with Gasteiger partial charge in [-0.3, -0.25) is 0 Å². The van der Waals surface area contributed by atoms with E-state index in [1.54, 1.807) is 0 Å². The van der Waals surface area contributed by atoms with Crippen LogP contribution in [0.4, 0.5) is 0 Å². The molecule has 0 aliphatic carbocycles. The third-order valence-electron chi connectivity index (χ3n) is 17.0. The van der Waals surface area contributed by atoms with Crippen molar-refractivity contribution in [1.29, 1.82) is 0 Å². The van der Waals surface area contributed by atoms with Crippen molar-refractivity contribution in [2.75, 3.05) is 26.4 Å². The standard InChI is InChI=1S/2C40H66O7S.Ca/c2*1-3-5-7-9-11-13-15-17-19-21-23-25-27-29-33-46-39(41)37-32-31-36(48(43,44)45)35-38(37)40(42)47-34-30-28-26-24-22-20-18-16-14-12-10-8-6-4-2;/h2*21-24,31-32,35H,3-20,25-30,33-34H2,1-2H3,(H,43,44,45);/q;;+2/p-2/b2*23-21+,24-22+;. The molecule has 97 heavy (non-hydrogen) atoms. The second-order valence-corrected chi connectivity index (χ2v) is 28.5. The Bertz CT molecular complexity index is 2470. The molecule has 2 aromatic rings. The summed E-state index contributed by atoms with van der Waals surface area (Å²) >= 11 is 0. The molecule has 2 aromatic carbocycles. The van der Waals surface area contributed by atoms with Crippen LogP contribution in [-0.4, -0.2) is 114 Å². The fourth-order valence-electron chi connectivity index (χ4n) is 11.0. The Kier molecular flexibility index (Phi) is 63.2. The van der Waals surface area contributed by atoms with Gasteiger partial charge in [0.25, 0.3) is 0 Å². The summed E-state index contributed by atoms with van der Waals surface area (Å²) in [5.74, 6) is -3.19. The SMILES string of the molecule is CCCCCCCCCC/C=C/CCCCOC(=O)c1ccc(S(=O)(=O)[O-])cc1C(=O)OCCCC/C=C/CCCCCCCCCC.CCCCCCCCCC/C=C/CCCCOC(=O)c1ccc(S(=O)(=O)[O-])cc1C(=O)OCCCC/C=C/CCCCCCCCCC.[Ca+2]. The van der Waals surface area contributed by atoms with E-state index in [0.29, 0.717) is 25.7 Å². The Morgan fingerprint density at radius 1 is 0.278 bits per heavy atom. The zero-order valence-corrected chi connectivity index (χ0v) is 64.9. The molecule has 0 aliphatic rings. The van der Waals surface area contributed by atoms with Crippen molar-refractivity contribution in [1.82, 2.24) is 0 Å². The van der Waals surface area contributed by atoms with Gasteiger partial charge in [-0.1, -0.05) is 256 Å². The first-order valence-electron chi connectivity index (χ1n) is 38.1. The van der Waals surface area contributed by atoms with Gasteiger partial charge in [-0.15, -0.1) is 0 Å². The number of rotatable bonds is 62. The van der Waals surface area contributed by atoms with E-state index in [0.717, 1.165) is 113 Å². The molecule has 0 fully saturated rings. The van der Waals surface area contributed by atoms with E-state index in [1.165, 1.54) is 205 Å². The van der Waals surface area contributed by atoms with E-state index in [2.05, 4.69) is 76.3 Å². The van der Waals surface area contributed by atoms with E-state index in [4.69, 9.17) is 18.9 Å². The zero-order chi connectivity index (χ0) is 70.3. The maximum absolute atomic E-state index is 12.8. The van der Waals surface area contributed by atoms with Crippen LogP contribution in [0.3, 0.4) is 0 Å². The molecule has 2 rings (SSSR count). The molecule has 0 N–H and O–H groups in total. The summed E-state index contributed by atoms with van der Waals surface area (Å²) in [7, 11) is -9.64. The zero-order valence-electron chi connectivity index (χ0n) is 61.1. The van der Waals surface area contributed by atoms with Crippen LogP contribution in [0.1, 0.15) is 377 Å². The normalized spacial score (nSPS) is 11.8. The molecule has 0 aliphatic heterocycles. The number of carbonyl (C=O) groups excluding carboxylic acids is 4. The Morgan fingerprint density at radius 2 is 0.454 bits per heavy atom. The topological polar surface area (TPSA) is 220 Å². The molecular formula is C80H130CaO14S2. The van der Waals surface area contributed by atoms with Crippen molar-refractivity contribution in [3.05, 3.63) is 107 Å². The van der Waals surface area contributed by atoms with Gasteiger partial charge in [-0.25, -0.2) is 36.0 Å². The molecule has 0 amide bonds. The van der Waals surface area contributed by atoms with E-state index in [9.17, 15) is 45.1 Å². The van der Waals surface area contributed by atoms with Crippen LogP contribution in [-0.2, 0) is 39.2 Å². The summed E-state index contributed by atoms with van der Waals surface area (Å²) in [5.41, 5.74) is -0.764. The molecule has 14 nitrogen and oxygen atoms in total. The average Bonchev–Trinajstić information content (AvgIpc) is 0.828. The summed E-state index contributed by atoms with van der Waals surface area (Å²) in [5, 5.41) is 0. The van der Waals surface area contributed by atoms with Gasteiger partial charge in [-0.2, -0.15) is 0 Å². The van der Waals surface area contributed by atoms with Crippen LogP contribution in [0.2, 0.25) is 0 Å². The quantitative estimate of drug-likeness (QED) is 0.0150. The second kappa shape index (κ2) is 65.7. The van der Waals surface area contributed by atoms with E-state index in [-0.39, 0.29) is 86.4 Å². The van der Waals surface area contributed by atoms with Crippen LogP contribution >= 0.6 is 0 Å². The van der Waals surface area contributed by atoms with Gasteiger partial charge in [0.2, 0.25) is 0 Å². The number of hydrogen-bond acceptors (Lipinski definition) is 14. The molecule has 0 saturated heterocycles. The van der Waals surface area contributed by atoms with Crippen molar-refractivity contribution in [3.63, 3.8) is 0 Å². The molecule has 0 aromatic heterocycles. The van der Waals surface area contributed by atoms with Crippen molar-refractivity contribution in [3.8, 4) is 0 Å². The van der Waals surface area contributed by atoms with Gasteiger partial charge in [-0.05, 0) is 165 Å². The predicted molar refractivity (Wildman–Crippen MR) is 397 cm³/mol. The maximum atomic E-state index is 12.8. The van der Waals surface area contributed by atoms with Crippen LogP contribution < -0.4 is 0 Å². The van der Waals surface area contributed by atoms with Crippen molar-refractivity contribution in [2.45, 2.75) is 346 Å². The third kappa shape index (κ3) is 53.8. The molecule has 0 bridgehead atoms. The minimum absolute atomic E-state index is 0. The van der Waals surface area contributed by atoms with Gasteiger partial charge in [0.05, 0.1) is 58.5 Å². The van der Waals surface area contributed by atoms with Crippen LogP contribution in [0, 0.1) is 0 Å². The smallest absolute Gasteiger partial charge is 0.744 e. The second-order valence-electron chi connectivity index (χ2n) is 25.8. The van der Waals surface area contributed by atoms with Crippen LogP contribution in [0.5, 0.6) is 0 Å². The fourth-order valence-corrected chi connectivity index (χ4v) is 12.0. The summed E-state index contributed by atoms with van der Waals surface area (Å²) in [6.45, 7) is 9.55. The molecule has 0 unspecified atom stereocenters. The summed E-state index contributed by atoms with van der Waals surface area (Å²) in [6.07, 6.45) is 73.3. The van der Waals surface area contributed by atoms with E-state index < -0.39 is 53.9 Å². The van der Waals surface area contributed by atoms with Gasteiger partial charge < -0.3 is 28.1 Å². The van der Waals surface area contributed by atoms with Crippen LogP contribution in [0.15, 0.2) is 94.8 Å². The number of benzene rings is 2. The van der Waals surface area contributed by atoms with Crippen molar-refractivity contribution in [2.24, 2.45) is 0 Å². The van der Waals surface area contributed by atoms with Crippen LogP contribution in [0.25, 0.3) is 0 Å². The largest absolute Gasteiger partial charge is 2.00 e. The number of esters is 4. The first-order valence-corrected chi connectivity index (χ1v) is 40.9. The van der Waals surface area contributed by atoms with Gasteiger partial charge in [0.15, 0.2) is 0 Å². The Labute approximate surface area is 620 Å². The predicted octanol–water partition coefficient (Wildman–Crippen LogP) is 22.5. The first-order chi connectivity index (χ1) is 46.6. The maximum Gasteiger partial charge on any atom is 2.00 e. The van der Waals surface area contributed by atoms with E-state index in [1.807, 2.05) is 0 Å². The molecular weight excluding hydrogens is 1290 g/mol. The summed E-state index contributed by atoms with van der Waals surface area (Å²) < 4.78 is 91.0. The molecule has 0 heterocycles. The van der Waals surface area contributed by atoms with Crippen molar-refractivity contribution >= 4 is 81.9 Å². The minimum atomic E-state index is -4.82. The number of unbranched alkanes of at least 4 members (excludes halogenated alkanes) is 40. The van der Waals surface area contributed by atoms with Gasteiger partial charge >= 0.3 is 61.6 Å². The summed E-state index contributed by atoms with van der Waals surface area (Å²) in [4.78, 5) is 50.1. The molecule has 0 radical (unpaired) electrons. The number of allylic oxidation sites excluding steroid dienone is 8. The number of hydrogen-bond donors (Lipinski definition) is 0. The molecule has 0 spiro atoms. The number of ether oxygens (including phenoxy) is 4. The van der Waals surface area contributed by atoms with Gasteiger partial charge in [0.1, 0.15) is 20.2 Å².